The number of carbonyl (C=O) groups is 2. The van der Waals surface area contributed by atoms with Gasteiger partial charge in [0.25, 0.3) is 5.91 Å². The fourth-order valence-corrected chi connectivity index (χ4v) is 4.00. The first-order valence-electron chi connectivity index (χ1n) is 9.96. The van der Waals surface area contributed by atoms with E-state index in [-0.39, 0.29) is 18.6 Å². The predicted octanol–water partition coefficient (Wildman–Crippen LogP) is 3.59. The molecule has 150 valence electrons. The summed E-state index contributed by atoms with van der Waals surface area (Å²) in [6.45, 7) is 7.72. The number of ether oxygens (including phenoxy) is 1. The number of nitrogens with zero attached hydrogens (tertiary/aromatic N) is 2. The molecule has 0 unspecified atom stereocenters. The number of hydrogen-bond donors (Lipinski definition) is 1. The van der Waals surface area contributed by atoms with Crippen molar-refractivity contribution in [3.8, 4) is 5.69 Å². The SMILES string of the molecule is Cc1nn(-c2ccccc2)c(C)c1C(=O)OCC(=O)N[C@@H]1CCC[C@H](C)[C@@H]1C. The highest BCUT2D eigenvalue weighted by Gasteiger charge is 2.28. The van der Waals surface area contributed by atoms with Crippen LogP contribution in [-0.2, 0) is 9.53 Å². The molecule has 0 saturated heterocycles. The quantitative estimate of drug-likeness (QED) is 0.801. The van der Waals surface area contributed by atoms with Gasteiger partial charge in [-0.1, -0.05) is 44.9 Å². The first-order valence-corrected chi connectivity index (χ1v) is 9.96. The van der Waals surface area contributed by atoms with Crippen LogP contribution < -0.4 is 5.32 Å². The van der Waals surface area contributed by atoms with E-state index in [2.05, 4.69) is 24.3 Å². The van der Waals surface area contributed by atoms with Gasteiger partial charge >= 0.3 is 5.97 Å². The van der Waals surface area contributed by atoms with E-state index >= 15 is 0 Å². The summed E-state index contributed by atoms with van der Waals surface area (Å²) < 4.78 is 7.02. The van der Waals surface area contributed by atoms with E-state index in [4.69, 9.17) is 4.74 Å². The highest BCUT2D eigenvalue weighted by atomic mass is 16.5. The van der Waals surface area contributed by atoms with E-state index in [9.17, 15) is 9.59 Å². The number of nitrogens with one attached hydrogen (secondary N) is 1. The smallest absolute Gasteiger partial charge is 0.342 e. The summed E-state index contributed by atoms with van der Waals surface area (Å²) in [7, 11) is 0. The molecule has 1 fully saturated rings. The third-order valence-electron chi connectivity index (χ3n) is 5.88. The Morgan fingerprint density at radius 2 is 1.89 bits per heavy atom. The Morgan fingerprint density at radius 1 is 1.18 bits per heavy atom. The Kier molecular flexibility index (Phi) is 6.17. The van der Waals surface area contributed by atoms with Crippen molar-refractivity contribution in [2.45, 2.75) is 53.0 Å². The van der Waals surface area contributed by atoms with Crippen molar-refractivity contribution >= 4 is 11.9 Å². The van der Waals surface area contributed by atoms with Crippen molar-refractivity contribution in [3.05, 3.63) is 47.3 Å². The van der Waals surface area contributed by atoms with Crippen LogP contribution in [0.4, 0.5) is 0 Å². The Balaban J connectivity index is 1.62. The van der Waals surface area contributed by atoms with E-state index in [1.165, 1.54) is 6.42 Å². The largest absolute Gasteiger partial charge is 0.452 e. The summed E-state index contributed by atoms with van der Waals surface area (Å²) in [6.07, 6.45) is 3.30. The number of para-hydroxylation sites is 1. The Bertz CT molecular complexity index is 844. The molecule has 0 spiro atoms. The number of esters is 1. The second kappa shape index (κ2) is 8.59. The minimum atomic E-state index is -0.516. The Labute approximate surface area is 166 Å². The van der Waals surface area contributed by atoms with Crippen molar-refractivity contribution < 1.29 is 14.3 Å². The molecule has 0 radical (unpaired) electrons. The lowest BCUT2D eigenvalue weighted by Gasteiger charge is -2.34. The monoisotopic (exact) mass is 383 g/mol. The third-order valence-corrected chi connectivity index (χ3v) is 5.88. The fourth-order valence-electron chi connectivity index (χ4n) is 4.00. The molecular formula is C22H29N3O3. The number of aromatic nitrogens is 2. The molecule has 6 nitrogen and oxygen atoms in total. The molecule has 3 rings (SSSR count). The molecule has 28 heavy (non-hydrogen) atoms. The van der Waals surface area contributed by atoms with Crippen LogP contribution in [0, 0.1) is 25.7 Å². The van der Waals surface area contributed by atoms with Crippen LogP contribution >= 0.6 is 0 Å². The molecule has 1 aliphatic carbocycles. The highest BCUT2D eigenvalue weighted by Crippen LogP contribution is 2.29. The molecular weight excluding hydrogens is 354 g/mol. The minimum absolute atomic E-state index is 0.152. The fraction of sp³-hybridized carbons (Fsp3) is 0.500. The van der Waals surface area contributed by atoms with E-state index < -0.39 is 5.97 Å². The molecule has 1 amide bonds. The zero-order chi connectivity index (χ0) is 20.3. The predicted molar refractivity (Wildman–Crippen MR) is 107 cm³/mol. The maximum atomic E-state index is 12.6. The van der Waals surface area contributed by atoms with E-state index in [0.29, 0.717) is 28.8 Å². The second-order valence-corrected chi connectivity index (χ2v) is 7.81. The molecule has 1 saturated carbocycles. The molecule has 1 heterocycles. The Morgan fingerprint density at radius 3 is 2.61 bits per heavy atom. The van der Waals surface area contributed by atoms with Gasteiger partial charge in [0.1, 0.15) is 5.56 Å². The average molecular weight is 383 g/mol. The average Bonchev–Trinajstić information content (AvgIpc) is 2.98. The van der Waals surface area contributed by atoms with Gasteiger partial charge in [0, 0.05) is 6.04 Å². The van der Waals surface area contributed by atoms with Crippen molar-refractivity contribution in [1.82, 2.24) is 15.1 Å². The van der Waals surface area contributed by atoms with Gasteiger partial charge in [-0.2, -0.15) is 5.10 Å². The van der Waals surface area contributed by atoms with Gasteiger partial charge in [0.2, 0.25) is 0 Å². The summed E-state index contributed by atoms with van der Waals surface area (Å²) in [5.74, 6) is 0.264. The van der Waals surface area contributed by atoms with Gasteiger partial charge in [-0.05, 0) is 44.2 Å². The number of hydrogen-bond acceptors (Lipinski definition) is 4. The number of carbonyl (C=O) groups excluding carboxylic acids is 2. The van der Waals surface area contributed by atoms with Gasteiger partial charge in [0.15, 0.2) is 6.61 Å². The molecule has 0 aliphatic heterocycles. The van der Waals surface area contributed by atoms with Crippen molar-refractivity contribution in [1.29, 1.82) is 0 Å². The zero-order valence-electron chi connectivity index (χ0n) is 17.1. The van der Waals surface area contributed by atoms with Crippen LogP contribution in [0.5, 0.6) is 0 Å². The van der Waals surface area contributed by atoms with Crippen LogP contribution in [0.1, 0.15) is 54.9 Å². The molecule has 6 heteroatoms. The van der Waals surface area contributed by atoms with Gasteiger partial charge in [0.05, 0.1) is 17.1 Å². The van der Waals surface area contributed by atoms with E-state index in [1.807, 2.05) is 37.3 Å². The molecule has 1 aromatic heterocycles. The Hall–Kier alpha value is -2.63. The maximum Gasteiger partial charge on any atom is 0.342 e. The molecule has 1 aromatic carbocycles. The van der Waals surface area contributed by atoms with Crippen LogP contribution in [0.15, 0.2) is 30.3 Å². The van der Waals surface area contributed by atoms with Gasteiger partial charge in [-0.25, -0.2) is 9.48 Å². The molecule has 0 bridgehead atoms. The van der Waals surface area contributed by atoms with Crippen molar-refractivity contribution in [3.63, 3.8) is 0 Å². The van der Waals surface area contributed by atoms with Crippen molar-refractivity contribution in [2.24, 2.45) is 11.8 Å². The summed E-state index contributed by atoms with van der Waals surface area (Å²) in [6, 6.07) is 9.77. The first kappa shape index (κ1) is 20.1. The van der Waals surface area contributed by atoms with Crippen LogP contribution in [0.2, 0.25) is 0 Å². The summed E-state index contributed by atoms with van der Waals surface area (Å²) in [5, 5.41) is 7.48. The van der Waals surface area contributed by atoms with E-state index in [0.717, 1.165) is 18.5 Å². The van der Waals surface area contributed by atoms with E-state index in [1.54, 1.807) is 11.6 Å². The second-order valence-electron chi connectivity index (χ2n) is 7.81. The first-order chi connectivity index (χ1) is 13.4. The third kappa shape index (κ3) is 4.26. The van der Waals surface area contributed by atoms with Gasteiger partial charge in [-0.3, -0.25) is 4.79 Å². The number of benzene rings is 1. The van der Waals surface area contributed by atoms with Crippen LogP contribution in [-0.4, -0.2) is 34.3 Å². The van der Waals surface area contributed by atoms with Gasteiger partial charge in [-0.15, -0.1) is 0 Å². The highest BCUT2D eigenvalue weighted by molar-refractivity contribution is 5.93. The van der Waals surface area contributed by atoms with Crippen LogP contribution in [0.3, 0.4) is 0 Å². The lowest BCUT2D eigenvalue weighted by molar-refractivity contribution is -0.125. The lowest BCUT2D eigenvalue weighted by Crippen LogP contribution is -2.45. The van der Waals surface area contributed by atoms with Gasteiger partial charge < -0.3 is 10.1 Å². The summed E-state index contributed by atoms with van der Waals surface area (Å²) >= 11 is 0. The molecule has 1 aliphatic rings. The lowest BCUT2D eigenvalue weighted by atomic mass is 9.78. The standard InChI is InChI=1S/C22H29N3O3/c1-14-9-8-12-19(15(14)2)23-20(26)13-28-22(27)21-16(3)24-25(17(21)4)18-10-6-5-7-11-18/h5-7,10-11,14-15,19H,8-9,12-13H2,1-4H3,(H,23,26)/t14-,15-,19+/m0/s1. The topological polar surface area (TPSA) is 73.2 Å². The minimum Gasteiger partial charge on any atom is -0.452 e. The maximum absolute atomic E-state index is 12.6. The summed E-state index contributed by atoms with van der Waals surface area (Å²) in [5.41, 5.74) is 2.57. The normalized spacial score (nSPS) is 21.9. The number of amides is 1. The van der Waals surface area contributed by atoms with Crippen LogP contribution in [0.25, 0.3) is 5.69 Å². The molecule has 3 atom stereocenters. The molecule has 1 N–H and O–H groups in total. The number of rotatable bonds is 5. The number of aryl methyl sites for hydroxylation is 1. The van der Waals surface area contributed by atoms with Crippen molar-refractivity contribution in [2.75, 3.05) is 6.61 Å². The summed E-state index contributed by atoms with van der Waals surface area (Å²) in [4.78, 5) is 24.9. The molecule has 2 aromatic rings. The zero-order valence-corrected chi connectivity index (χ0v) is 17.1.